The van der Waals surface area contributed by atoms with Gasteiger partial charge in [0.1, 0.15) is 6.04 Å². The van der Waals surface area contributed by atoms with Gasteiger partial charge in [-0.1, -0.05) is 30.3 Å². The molecular weight excluding hydrogens is 324 g/mol. The van der Waals surface area contributed by atoms with Crippen LogP contribution in [0.3, 0.4) is 0 Å². The molecule has 0 radical (unpaired) electrons. The molecule has 3 rings (SSSR count). The Labute approximate surface area is 142 Å². The molecule has 0 unspecified atom stereocenters. The van der Waals surface area contributed by atoms with E-state index in [1.165, 1.54) is 4.31 Å². The van der Waals surface area contributed by atoms with Gasteiger partial charge in [-0.3, -0.25) is 4.79 Å². The summed E-state index contributed by atoms with van der Waals surface area (Å²) in [6.45, 7) is 4.12. The van der Waals surface area contributed by atoms with Crippen LogP contribution in [0, 0.1) is 0 Å². The van der Waals surface area contributed by atoms with Crippen molar-refractivity contribution in [2.45, 2.75) is 43.7 Å². The van der Waals surface area contributed by atoms with Crippen LogP contribution in [0.2, 0.25) is 0 Å². The molecule has 1 aliphatic rings. The minimum Gasteiger partial charge on any atom is -0.353 e. The summed E-state index contributed by atoms with van der Waals surface area (Å²) in [7, 11) is -3.69. The fourth-order valence-electron chi connectivity index (χ4n) is 3.13. The first-order valence-corrected chi connectivity index (χ1v) is 9.64. The molecule has 1 aliphatic heterocycles. The number of hydrogen-bond acceptors (Lipinski definition) is 3. The second kappa shape index (κ2) is 6.53. The summed E-state index contributed by atoms with van der Waals surface area (Å²) >= 11 is 0. The van der Waals surface area contributed by atoms with Crippen LogP contribution in [0.25, 0.3) is 10.8 Å². The Bertz CT molecular complexity index is 861. The predicted octanol–water partition coefficient (Wildman–Crippen LogP) is 2.52. The number of carbonyl (C=O) groups excluding carboxylic acids is 1. The lowest BCUT2D eigenvalue weighted by molar-refractivity contribution is -0.124. The first-order chi connectivity index (χ1) is 11.4. The molecule has 0 aromatic heterocycles. The van der Waals surface area contributed by atoms with E-state index >= 15 is 0 Å². The van der Waals surface area contributed by atoms with E-state index in [2.05, 4.69) is 5.32 Å². The van der Waals surface area contributed by atoms with Crippen LogP contribution in [0.4, 0.5) is 0 Å². The number of nitrogens with one attached hydrogen (secondary N) is 1. The first kappa shape index (κ1) is 16.9. The van der Waals surface area contributed by atoms with Gasteiger partial charge in [-0.2, -0.15) is 4.31 Å². The molecule has 1 fully saturated rings. The molecule has 0 saturated carbocycles. The predicted molar refractivity (Wildman–Crippen MR) is 94.1 cm³/mol. The van der Waals surface area contributed by atoms with E-state index in [9.17, 15) is 13.2 Å². The zero-order valence-electron chi connectivity index (χ0n) is 13.9. The van der Waals surface area contributed by atoms with Gasteiger partial charge in [0.2, 0.25) is 15.9 Å². The van der Waals surface area contributed by atoms with E-state index in [1.54, 1.807) is 12.1 Å². The van der Waals surface area contributed by atoms with Crippen molar-refractivity contribution < 1.29 is 13.2 Å². The van der Waals surface area contributed by atoms with Crippen LogP contribution in [-0.2, 0) is 14.8 Å². The number of fused-ring (bicyclic) bond motifs is 1. The van der Waals surface area contributed by atoms with Gasteiger partial charge in [0.15, 0.2) is 0 Å². The van der Waals surface area contributed by atoms with Gasteiger partial charge in [0.25, 0.3) is 0 Å². The van der Waals surface area contributed by atoms with Gasteiger partial charge < -0.3 is 5.32 Å². The Morgan fingerprint density at radius 2 is 1.88 bits per heavy atom. The summed E-state index contributed by atoms with van der Waals surface area (Å²) in [5, 5.41) is 4.69. The highest BCUT2D eigenvalue weighted by Crippen LogP contribution is 2.28. The molecule has 2 aromatic rings. The Balaban J connectivity index is 1.94. The lowest BCUT2D eigenvalue weighted by Crippen LogP contribution is -2.47. The molecule has 0 bridgehead atoms. The molecule has 1 amide bonds. The molecule has 24 heavy (non-hydrogen) atoms. The fraction of sp³-hybridized carbons (Fsp3) is 0.389. The van der Waals surface area contributed by atoms with Gasteiger partial charge >= 0.3 is 0 Å². The summed E-state index contributed by atoms with van der Waals surface area (Å²) < 4.78 is 27.4. The Morgan fingerprint density at radius 1 is 1.17 bits per heavy atom. The van der Waals surface area contributed by atoms with E-state index in [1.807, 2.05) is 44.2 Å². The molecule has 0 spiro atoms. The highest BCUT2D eigenvalue weighted by atomic mass is 32.2. The molecule has 1 atom stereocenters. The molecule has 5 nitrogen and oxygen atoms in total. The molecule has 1 heterocycles. The Kier molecular flexibility index (Phi) is 4.60. The van der Waals surface area contributed by atoms with Gasteiger partial charge in [-0.25, -0.2) is 8.42 Å². The zero-order valence-corrected chi connectivity index (χ0v) is 14.7. The number of hydrogen-bond donors (Lipinski definition) is 1. The molecule has 1 saturated heterocycles. The van der Waals surface area contributed by atoms with E-state index in [0.717, 1.165) is 10.8 Å². The van der Waals surface area contributed by atoms with E-state index in [4.69, 9.17) is 0 Å². The van der Waals surface area contributed by atoms with Crippen LogP contribution in [-0.4, -0.2) is 37.3 Å². The summed E-state index contributed by atoms with van der Waals surface area (Å²) in [6.07, 6.45) is 1.26. The van der Waals surface area contributed by atoms with Crippen molar-refractivity contribution >= 4 is 26.7 Å². The average molecular weight is 346 g/mol. The normalized spacial score (nSPS) is 19.0. The highest BCUT2D eigenvalue weighted by Gasteiger charge is 2.39. The summed E-state index contributed by atoms with van der Waals surface area (Å²) in [5.41, 5.74) is 0. The van der Waals surface area contributed by atoms with E-state index in [-0.39, 0.29) is 16.8 Å². The quantitative estimate of drug-likeness (QED) is 0.925. The number of carbonyl (C=O) groups is 1. The number of benzene rings is 2. The van der Waals surface area contributed by atoms with Gasteiger partial charge in [-0.05, 0) is 49.6 Å². The SMILES string of the molecule is CC(C)NC(=O)[C@@H]1CCCN1S(=O)(=O)c1ccc2ccccc2c1. The topological polar surface area (TPSA) is 66.5 Å². The van der Waals surface area contributed by atoms with Crippen molar-refractivity contribution in [2.75, 3.05) is 6.54 Å². The van der Waals surface area contributed by atoms with Crippen LogP contribution < -0.4 is 5.32 Å². The zero-order chi connectivity index (χ0) is 17.3. The minimum atomic E-state index is -3.69. The number of rotatable bonds is 4. The monoisotopic (exact) mass is 346 g/mol. The summed E-state index contributed by atoms with van der Waals surface area (Å²) in [6, 6.07) is 12.1. The second-order valence-electron chi connectivity index (χ2n) is 6.45. The fourth-order valence-corrected chi connectivity index (χ4v) is 4.83. The smallest absolute Gasteiger partial charge is 0.243 e. The van der Waals surface area contributed by atoms with E-state index < -0.39 is 16.1 Å². The maximum atomic E-state index is 13.0. The number of amides is 1. The third-order valence-corrected chi connectivity index (χ3v) is 6.17. The first-order valence-electron chi connectivity index (χ1n) is 8.20. The van der Waals surface area contributed by atoms with Gasteiger partial charge in [0, 0.05) is 12.6 Å². The second-order valence-corrected chi connectivity index (χ2v) is 8.34. The number of nitrogens with zero attached hydrogens (tertiary/aromatic N) is 1. The molecular formula is C18H22N2O3S. The van der Waals surface area contributed by atoms with Crippen LogP contribution >= 0.6 is 0 Å². The largest absolute Gasteiger partial charge is 0.353 e. The molecule has 128 valence electrons. The highest BCUT2D eigenvalue weighted by molar-refractivity contribution is 7.89. The Morgan fingerprint density at radius 3 is 2.58 bits per heavy atom. The Hall–Kier alpha value is -1.92. The maximum absolute atomic E-state index is 13.0. The van der Waals surface area contributed by atoms with Crippen molar-refractivity contribution in [1.82, 2.24) is 9.62 Å². The summed E-state index contributed by atoms with van der Waals surface area (Å²) in [4.78, 5) is 12.6. The van der Waals surface area contributed by atoms with Crippen LogP contribution in [0.1, 0.15) is 26.7 Å². The summed E-state index contributed by atoms with van der Waals surface area (Å²) in [5.74, 6) is -0.216. The van der Waals surface area contributed by atoms with Gasteiger partial charge in [0.05, 0.1) is 4.90 Å². The molecule has 0 aliphatic carbocycles. The third kappa shape index (κ3) is 3.16. The van der Waals surface area contributed by atoms with Crippen LogP contribution in [0.5, 0.6) is 0 Å². The van der Waals surface area contributed by atoms with E-state index in [0.29, 0.717) is 19.4 Å². The van der Waals surface area contributed by atoms with Crippen molar-refractivity contribution in [3.05, 3.63) is 42.5 Å². The molecule has 1 N–H and O–H groups in total. The van der Waals surface area contributed by atoms with Crippen molar-refractivity contribution in [2.24, 2.45) is 0 Å². The molecule has 6 heteroatoms. The third-order valence-electron chi connectivity index (χ3n) is 4.26. The standard InChI is InChI=1S/C18H22N2O3S/c1-13(2)19-18(21)17-8-5-11-20(17)24(22,23)16-10-9-14-6-3-4-7-15(14)12-16/h3-4,6-7,9-10,12-13,17H,5,8,11H2,1-2H3,(H,19,21)/t17-/m0/s1. The average Bonchev–Trinajstić information content (AvgIpc) is 3.04. The van der Waals surface area contributed by atoms with Crippen LogP contribution in [0.15, 0.2) is 47.4 Å². The minimum absolute atomic E-state index is 0.0108. The van der Waals surface area contributed by atoms with Gasteiger partial charge in [-0.15, -0.1) is 0 Å². The van der Waals surface area contributed by atoms with Crippen molar-refractivity contribution in [3.63, 3.8) is 0 Å². The maximum Gasteiger partial charge on any atom is 0.243 e. The lowest BCUT2D eigenvalue weighted by atomic mass is 10.1. The van der Waals surface area contributed by atoms with Crippen molar-refractivity contribution in [1.29, 1.82) is 0 Å². The molecule has 2 aromatic carbocycles. The van der Waals surface area contributed by atoms with Crippen molar-refractivity contribution in [3.8, 4) is 0 Å². The number of sulfonamides is 1. The lowest BCUT2D eigenvalue weighted by Gasteiger charge is -2.24.